The van der Waals surface area contributed by atoms with Gasteiger partial charge in [-0.1, -0.05) is 5.16 Å². The van der Waals surface area contributed by atoms with Crippen molar-refractivity contribution in [1.29, 1.82) is 0 Å². The molecule has 16 heteroatoms. The van der Waals surface area contributed by atoms with E-state index < -0.39 is 81.0 Å². The van der Waals surface area contributed by atoms with Crippen LogP contribution >= 0.6 is 0 Å². The highest BCUT2D eigenvalue weighted by Gasteiger charge is 2.60. The second-order valence-electron chi connectivity index (χ2n) is 8.89. The molecule has 1 N–H and O–H groups in total. The molecule has 0 unspecified atom stereocenters. The minimum Gasteiger partial charge on any atom is -0.354 e. The maximum absolute atomic E-state index is 15.1. The Bertz CT molecular complexity index is 1520. The number of carbonyl (C=O) groups excluding carboxylic acids is 1. The Morgan fingerprint density at radius 3 is 2.39 bits per heavy atom. The largest absolute Gasteiger partial charge is 0.354 e. The molecule has 5 rings (SSSR count). The van der Waals surface area contributed by atoms with Crippen molar-refractivity contribution in [2.45, 2.75) is 30.8 Å². The zero-order chi connectivity index (χ0) is 27.6. The molecule has 0 saturated carbocycles. The second-order valence-corrected chi connectivity index (χ2v) is 10.6. The Morgan fingerprint density at radius 2 is 1.74 bits per heavy atom. The Labute approximate surface area is 210 Å². The van der Waals surface area contributed by atoms with E-state index in [9.17, 15) is 35.2 Å². The molecule has 1 aromatic heterocycles. The summed E-state index contributed by atoms with van der Waals surface area (Å²) in [6.45, 7) is -1.03. The van der Waals surface area contributed by atoms with E-state index in [0.717, 1.165) is 17.0 Å². The van der Waals surface area contributed by atoms with Crippen molar-refractivity contribution in [3.63, 3.8) is 0 Å². The smallest absolute Gasteiger partial charge is 0.326 e. The first-order valence-electron chi connectivity index (χ1n) is 11.1. The van der Waals surface area contributed by atoms with Crippen LogP contribution < -0.4 is 9.62 Å². The van der Waals surface area contributed by atoms with Gasteiger partial charge in [0.25, 0.3) is 5.92 Å². The molecule has 3 aromatic rings. The number of carbonyl (C=O) groups is 1. The summed E-state index contributed by atoms with van der Waals surface area (Å²) in [5.41, 5.74) is -1.65. The number of hydrogen-bond acceptors (Lipinski definition) is 5. The van der Waals surface area contributed by atoms with E-state index in [0.29, 0.717) is 17.0 Å². The van der Waals surface area contributed by atoms with Gasteiger partial charge in [0.1, 0.15) is 29.3 Å². The number of amides is 2. The van der Waals surface area contributed by atoms with Crippen molar-refractivity contribution < 1.29 is 48.5 Å². The lowest BCUT2D eigenvalue weighted by molar-refractivity contribution is -0.0421. The fraction of sp³-hybridized carbons (Fsp3) is 0.364. The fourth-order valence-corrected chi connectivity index (χ4v) is 5.63. The predicted octanol–water partition coefficient (Wildman–Crippen LogP) is 4.31. The first-order valence-corrected chi connectivity index (χ1v) is 12.7. The van der Waals surface area contributed by atoms with Gasteiger partial charge in [0.05, 0.1) is 17.0 Å². The van der Waals surface area contributed by atoms with Gasteiger partial charge in [-0.3, -0.25) is 4.90 Å². The molecule has 0 radical (unpaired) electrons. The highest BCUT2D eigenvalue weighted by atomic mass is 32.2. The van der Waals surface area contributed by atoms with Gasteiger partial charge in [-0.2, -0.15) is 0 Å². The van der Waals surface area contributed by atoms with E-state index in [4.69, 9.17) is 4.52 Å². The average Bonchev–Trinajstić information content (AvgIpc) is 3.28. The third-order valence-corrected chi connectivity index (χ3v) is 7.45. The van der Waals surface area contributed by atoms with E-state index in [2.05, 4.69) is 5.16 Å². The van der Waals surface area contributed by atoms with Crippen molar-refractivity contribution >= 4 is 32.8 Å². The monoisotopic (exact) mass is 566 g/mol. The Hall–Kier alpha value is -3.40. The molecule has 0 aliphatic carbocycles. The number of aromatic nitrogens is 1. The molecule has 8 nitrogen and oxygen atoms in total. The van der Waals surface area contributed by atoms with E-state index in [1.165, 1.54) is 0 Å². The Morgan fingerprint density at radius 1 is 1.08 bits per heavy atom. The molecule has 3 heterocycles. The summed E-state index contributed by atoms with van der Waals surface area (Å²) in [5, 5.41) is 3.48. The molecule has 2 fully saturated rings. The molecule has 2 aliphatic rings. The number of nitrogens with one attached hydrogen (secondary N) is 1. The van der Waals surface area contributed by atoms with Gasteiger partial charge in [0.15, 0.2) is 11.4 Å². The number of sulfonamides is 1. The summed E-state index contributed by atoms with van der Waals surface area (Å²) in [6, 6.07) is -4.59. The number of rotatable bonds is 5. The van der Waals surface area contributed by atoms with Crippen LogP contribution in [0.1, 0.15) is 12.8 Å². The number of halogens is 7. The van der Waals surface area contributed by atoms with Gasteiger partial charge >= 0.3 is 6.03 Å². The van der Waals surface area contributed by atoms with Gasteiger partial charge in [-0.25, -0.2) is 48.7 Å². The standard InChI is InChI=1S/C22H17F7N4O4S/c23-9-38(35,36)31-16-8-33-17(22(16,28)29)2-1-3-32(21(33)34)20-19-12(4-10(24)7-15(19)37-30-20)18-13(26)5-11(25)6-14(18)27/h4-7,16-17,31H,1-3,8-9H2/t16-,17-/m1/s1. The molecule has 0 spiro atoms. The third-order valence-electron chi connectivity index (χ3n) is 6.52. The molecule has 2 aliphatic heterocycles. The van der Waals surface area contributed by atoms with Crippen LogP contribution in [0.15, 0.2) is 28.8 Å². The minimum absolute atomic E-state index is 0.0464. The molecule has 0 bridgehead atoms. The fourth-order valence-electron chi connectivity index (χ4n) is 4.90. The molecule has 2 saturated heterocycles. The van der Waals surface area contributed by atoms with E-state index in [-0.39, 0.29) is 36.2 Å². The molecule has 2 aromatic carbocycles. The molecule has 2 amide bonds. The minimum atomic E-state index is -4.69. The number of urea groups is 1. The second kappa shape index (κ2) is 9.11. The van der Waals surface area contributed by atoms with Gasteiger partial charge < -0.3 is 9.42 Å². The van der Waals surface area contributed by atoms with Crippen molar-refractivity contribution in [3.8, 4) is 11.1 Å². The van der Waals surface area contributed by atoms with Crippen LogP contribution in [-0.2, 0) is 10.0 Å². The van der Waals surface area contributed by atoms with Crippen molar-refractivity contribution in [1.82, 2.24) is 14.8 Å². The van der Waals surface area contributed by atoms with Crippen molar-refractivity contribution in [2.24, 2.45) is 0 Å². The number of fused-ring (bicyclic) bond motifs is 2. The molecule has 2 atom stereocenters. The zero-order valence-corrected chi connectivity index (χ0v) is 19.8. The SMILES string of the molecule is O=C1N(c2noc3cc(F)cc(-c4c(F)cc(F)cc4F)c23)CCC[C@H]2N1C[C@@H](NS(=O)(=O)CF)C2(F)F. The number of alkyl halides is 3. The van der Waals surface area contributed by atoms with Crippen LogP contribution in [0.3, 0.4) is 0 Å². The van der Waals surface area contributed by atoms with Gasteiger partial charge in [0.2, 0.25) is 16.0 Å². The first-order chi connectivity index (χ1) is 17.8. The van der Waals surface area contributed by atoms with Crippen molar-refractivity contribution in [3.05, 3.63) is 47.5 Å². The third kappa shape index (κ3) is 4.24. The molecule has 38 heavy (non-hydrogen) atoms. The highest BCUT2D eigenvalue weighted by Crippen LogP contribution is 2.43. The topological polar surface area (TPSA) is 95.8 Å². The molecular weight excluding hydrogens is 549 g/mol. The number of nitrogens with zero attached hydrogens (tertiary/aromatic N) is 3. The summed E-state index contributed by atoms with van der Waals surface area (Å²) < 4.78 is 130. The molecule has 204 valence electrons. The van der Waals surface area contributed by atoms with E-state index >= 15 is 8.78 Å². The van der Waals surface area contributed by atoms with Gasteiger partial charge in [-0.15, -0.1) is 0 Å². The maximum atomic E-state index is 15.1. The van der Waals surface area contributed by atoms with E-state index in [1.807, 2.05) is 0 Å². The Kier molecular flexibility index (Phi) is 6.29. The lowest BCUT2D eigenvalue weighted by atomic mass is 9.99. The Balaban J connectivity index is 1.60. The first kappa shape index (κ1) is 26.2. The van der Waals surface area contributed by atoms with Crippen LogP contribution in [0.5, 0.6) is 0 Å². The van der Waals surface area contributed by atoms with Crippen LogP contribution in [0.2, 0.25) is 0 Å². The van der Waals surface area contributed by atoms with Crippen LogP contribution in [0.4, 0.5) is 41.3 Å². The summed E-state index contributed by atoms with van der Waals surface area (Å²) in [4.78, 5) is 15.0. The van der Waals surface area contributed by atoms with Gasteiger partial charge in [0, 0.05) is 36.9 Å². The quantitative estimate of drug-likeness (QED) is 0.465. The lowest BCUT2D eigenvalue weighted by Crippen LogP contribution is -2.49. The lowest BCUT2D eigenvalue weighted by Gasteiger charge is -2.27. The summed E-state index contributed by atoms with van der Waals surface area (Å²) in [5.74, 6) is -9.13. The molecular formula is C22H17F7N4O4S. The summed E-state index contributed by atoms with van der Waals surface area (Å²) in [6.07, 6.45) is -0.323. The van der Waals surface area contributed by atoms with E-state index in [1.54, 1.807) is 4.72 Å². The average molecular weight is 566 g/mol. The highest BCUT2D eigenvalue weighted by molar-refractivity contribution is 7.89. The number of hydrogen-bond donors (Lipinski definition) is 1. The zero-order valence-electron chi connectivity index (χ0n) is 19.0. The predicted molar refractivity (Wildman–Crippen MR) is 119 cm³/mol. The van der Waals surface area contributed by atoms with Crippen LogP contribution in [0, 0.1) is 23.3 Å². The van der Waals surface area contributed by atoms with Crippen LogP contribution in [-0.4, -0.2) is 61.6 Å². The summed E-state index contributed by atoms with van der Waals surface area (Å²) in [7, 11) is -4.69. The summed E-state index contributed by atoms with van der Waals surface area (Å²) >= 11 is 0. The van der Waals surface area contributed by atoms with Crippen LogP contribution in [0.25, 0.3) is 22.1 Å². The number of anilines is 1. The maximum Gasteiger partial charge on any atom is 0.326 e. The van der Waals surface area contributed by atoms with Crippen molar-refractivity contribution in [2.75, 3.05) is 24.0 Å². The number of benzene rings is 2. The van der Waals surface area contributed by atoms with Gasteiger partial charge in [-0.05, 0) is 18.9 Å². The normalized spacial score (nSPS) is 21.7.